The molecule has 0 aromatic carbocycles. The average Bonchev–Trinajstić information content (AvgIpc) is 2.62. The van der Waals surface area contributed by atoms with Gasteiger partial charge in [-0.2, -0.15) is 0 Å². The van der Waals surface area contributed by atoms with E-state index in [2.05, 4.69) is 13.8 Å². The molecule has 0 bridgehead atoms. The van der Waals surface area contributed by atoms with E-state index in [0.717, 1.165) is 13.2 Å². The molecule has 0 aliphatic carbocycles. The number of hydrogen-bond donors (Lipinski definition) is 0. The maximum absolute atomic E-state index is 10.4. The molecule has 0 aromatic heterocycles. The Balaban J connectivity index is -0.000000352. The van der Waals surface area contributed by atoms with Crippen molar-refractivity contribution >= 4 is 45.5 Å². The molecule has 0 amide bonds. The Labute approximate surface area is 186 Å². The fraction of sp³-hybridized carbons (Fsp3) is 0.800. The number of hydrogen-bond acceptors (Lipinski definition) is 8. The van der Waals surface area contributed by atoms with Gasteiger partial charge in [0, 0.05) is 0 Å². The number of aliphatic carboxylic acids is 2. The van der Waals surface area contributed by atoms with Gasteiger partial charge in [0.05, 0.1) is 23.8 Å². The van der Waals surface area contributed by atoms with E-state index in [1.807, 2.05) is 0 Å². The van der Waals surface area contributed by atoms with Crippen molar-refractivity contribution in [2.24, 2.45) is 11.8 Å². The van der Waals surface area contributed by atoms with Crippen LogP contribution in [0.25, 0.3) is 0 Å². The fourth-order valence-corrected chi connectivity index (χ4v) is 3.34. The number of carboxylic acids is 2. The van der Waals surface area contributed by atoms with Gasteiger partial charge in [0.2, 0.25) is 0 Å². The third-order valence-corrected chi connectivity index (χ3v) is 5.52. The van der Waals surface area contributed by atoms with Gasteiger partial charge in [-0.3, -0.25) is 9.59 Å². The van der Waals surface area contributed by atoms with Crippen molar-refractivity contribution in [3.63, 3.8) is 0 Å². The molecule has 0 saturated carbocycles. The van der Waals surface area contributed by atoms with Crippen LogP contribution in [0.4, 0.5) is 0 Å². The Bertz CT molecular complexity index is 386. The van der Waals surface area contributed by atoms with Crippen molar-refractivity contribution < 1.29 is 35.5 Å². The first-order chi connectivity index (χ1) is 13.6. The van der Waals surface area contributed by atoms with Crippen LogP contribution < -0.4 is 10.2 Å². The molecule has 0 aromatic rings. The predicted molar refractivity (Wildman–Crippen MR) is 106 cm³/mol. The van der Waals surface area contributed by atoms with Crippen molar-refractivity contribution in [2.45, 2.75) is 80.1 Å². The van der Waals surface area contributed by atoms with Crippen molar-refractivity contribution in [3.8, 4) is 0 Å². The van der Waals surface area contributed by atoms with Crippen LogP contribution in [0, 0.1) is 11.8 Å². The molecule has 29 heavy (non-hydrogen) atoms. The summed E-state index contributed by atoms with van der Waals surface area (Å²) in [5.74, 6) is -5.04. The zero-order chi connectivity index (χ0) is 23.2. The Morgan fingerprint density at radius 2 is 1.03 bits per heavy atom. The monoisotopic (exact) mass is 524 g/mol. The number of carbonyl (C=O) groups is 4. The van der Waals surface area contributed by atoms with Crippen LogP contribution in [0.2, 0.25) is 0 Å². The van der Waals surface area contributed by atoms with Gasteiger partial charge in [-0.25, -0.2) is 0 Å². The van der Waals surface area contributed by atoms with Crippen molar-refractivity contribution in [2.75, 3.05) is 13.2 Å². The molecule has 9 heteroatoms. The van der Waals surface area contributed by atoms with Gasteiger partial charge >= 0.3 is 80.9 Å². The fourth-order valence-electron chi connectivity index (χ4n) is 1.80. The normalized spacial score (nSPS) is 11.5. The third kappa shape index (κ3) is 23.1. The van der Waals surface area contributed by atoms with Gasteiger partial charge in [0.1, 0.15) is 11.6 Å². The van der Waals surface area contributed by atoms with Gasteiger partial charge in [0.15, 0.2) is 0 Å². The van der Waals surface area contributed by atoms with Gasteiger partial charge in [0.25, 0.3) is 0 Å². The Kier molecular flexibility index (Phi) is 26.2. The Morgan fingerprint density at radius 3 is 1.17 bits per heavy atom. The summed E-state index contributed by atoms with van der Waals surface area (Å²) < 4.78 is 10.7. The molecule has 0 spiro atoms. The first-order valence-corrected chi connectivity index (χ1v) is 12.3. The van der Waals surface area contributed by atoms with E-state index in [9.17, 15) is 29.4 Å². The summed E-state index contributed by atoms with van der Waals surface area (Å²) in [6.45, 7) is 12.0. The first-order valence-electron chi connectivity index (χ1n) is 10.0. The summed E-state index contributed by atoms with van der Waals surface area (Å²) in [6.07, 6.45) is 5.42. The SMILES string of the molecule is CCC(C(C)=O)C(=O)[O-].CCC(C(C)=O)C(=O)[O-].CCCC[O][Sn+2][O]CCCC. The third-order valence-electron chi connectivity index (χ3n) is 3.68. The minimum atomic E-state index is -1.27. The molecule has 0 radical (unpaired) electrons. The molecular weight excluding hydrogens is 487 g/mol. The van der Waals surface area contributed by atoms with Gasteiger partial charge in [-0.1, -0.05) is 13.8 Å². The second kappa shape index (κ2) is 23.3. The molecule has 2 unspecified atom stereocenters. The average molecular weight is 523 g/mol. The summed E-state index contributed by atoms with van der Waals surface area (Å²) in [7, 11) is 0. The molecule has 2 atom stereocenters. The standard InChI is InChI=1S/2C6H10O3.2C4H9O.Sn/c2*1-3-5(4(2)7)6(8)9;2*1-2-3-4-5;/h2*5H,3H2,1-2H3,(H,8,9);2*2-4H2,1H3;/q;;2*-1;+4/p-2. The van der Waals surface area contributed by atoms with Gasteiger partial charge < -0.3 is 19.8 Å². The molecule has 0 aliphatic rings. The van der Waals surface area contributed by atoms with Crippen LogP contribution >= 0.6 is 0 Å². The molecular formula is C20H36O8Sn. The Hall–Kier alpha value is -1.00. The minimum absolute atomic E-state index is 0.317. The van der Waals surface area contributed by atoms with Crippen LogP contribution in [-0.2, 0) is 25.3 Å². The number of Topliss-reactive ketones (excluding diaryl/α,β-unsaturated/α-hetero) is 2. The second-order valence-corrected chi connectivity index (χ2v) is 8.39. The van der Waals surface area contributed by atoms with Crippen LogP contribution in [-0.4, -0.2) is 58.7 Å². The predicted octanol–water partition coefficient (Wildman–Crippen LogP) is 0.857. The number of ketones is 2. The topological polar surface area (TPSA) is 133 Å². The van der Waals surface area contributed by atoms with Crippen molar-refractivity contribution in [1.82, 2.24) is 0 Å². The summed E-state index contributed by atoms with van der Waals surface area (Å²) in [4.78, 5) is 40.9. The number of unbranched alkanes of at least 4 members (excludes halogenated alkanes) is 2. The summed E-state index contributed by atoms with van der Waals surface area (Å²) >= 11 is -0.876. The van der Waals surface area contributed by atoms with Crippen LogP contribution in [0.3, 0.4) is 0 Å². The number of rotatable bonds is 14. The number of carbonyl (C=O) groups excluding carboxylic acids is 4. The molecule has 168 valence electrons. The van der Waals surface area contributed by atoms with Crippen molar-refractivity contribution in [1.29, 1.82) is 0 Å². The van der Waals surface area contributed by atoms with Gasteiger partial charge in [-0.15, -0.1) is 0 Å². The zero-order valence-electron chi connectivity index (χ0n) is 18.6. The van der Waals surface area contributed by atoms with E-state index in [0.29, 0.717) is 12.8 Å². The summed E-state index contributed by atoms with van der Waals surface area (Å²) in [5.41, 5.74) is 0. The zero-order valence-corrected chi connectivity index (χ0v) is 21.4. The van der Waals surface area contributed by atoms with Crippen LogP contribution in [0.5, 0.6) is 0 Å². The first kappa shape index (κ1) is 32.7. The quantitative estimate of drug-likeness (QED) is 0.186. The maximum atomic E-state index is 10.4. The molecule has 0 saturated heterocycles. The number of carboxylic acid groups (broad SMARTS) is 2. The van der Waals surface area contributed by atoms with Crippen LogP contribution in [0.1, 0.15) is 80.1 Å². The van der Waals surface area contributed by atoms with E-state index in [-0.39, 0.29) is 11.6 Å². The summed E-state index contributed by atoms with van der Waals surface area (Å²) in [5, 5.41) is 20.1. The molecule has 0 N–H and O–H groups in total. The second-order valence-electron chi connectivity index (χ2n) is 6.27. The van der Waals surface area contributed by atoms with Crippen LogP contribution in [0.15, 0.2) is 0 Å². The van der Waals surface area contributed by atoms with E-state index in [1.165, 1.54) is 39.5 Å². The van der Waals surface area contributed by atoms with Gasteiger partial charge in [-0.05, 0) is 26.7 Å². The van der Waals surface area contributed by atoms with E-state index < -0.39 is 45.7 Å². The Morgan fingerprint density at radius 1 is 0.724 bits per heavy atom. The van der Waals surface area contributed by atoms with E-state index in [4.69, 9.17) is 6.15 Å². The summed E-state index contributed by atoms with van der Waals surface area (Å²) in [6, 6.07) is 0. The van der Waals surface area contributed by atoms with E-state index >= 15 is 0 Å². The van der Waals surface area contributed by atoms with E-state index in [1.54, 1.807) is 13.8 Å². The molecule has 8 nitrogen and oxygen atoms in total. The molecule has 0 heterocycles. The van der Waals surface area contributed by atoms with Crippen molar-refractivity contribution in [3.05, 3.63) is 0 Å². The molecule has 0 rings (SSSR count). The molecule has 0 aliphatic heterocycles. The molecule has 0 fully saturated rings.